The van der Waals surface area contributed by atoms with Crippen molar-refractivity contribution >= 4 is 17.1 Å². The Morgan fingerprint density at radius 1 is 1.43 bits per heavy atom. The second-order valence-corrected chi connectivity index (χ2v) is 7.45. The molecule has 0 saturated heterocycles. The molecule has 0 N–H and O–H groups in total. The third-order valence-corrected chi connectivity index (χ3v) is 4.32. The first kappa shape index (κ1) is 17.6. The average molecular weight is 312 g/mol. The van der Waals surface area contributed by atoms with E-state index in [9.17, 15) is 13.3 Å². The lowest BCUT2D eigenvalue weighted by atomic mass is 9.96. The fourth-order valence-corrected chi connectivity index (χ4v) is 2.36. The summed E-state index contributed by atoms with van der Waals surface area (Å²) in [5.41, 5.74) is 0.926. The SMILES string of the molecule is C/C(=N/[S+]([O-])C(C)(C)C)c1cccc(C(F)F)c1CC#N. The minimum Gasteiger partial charge on any atom is -0.591 e. The summed E-state index contributed by atoms with van der Waals surface area (Å²) in [6, 6.07) is 6.31. The Morgan fingerprint density at radius 3 is 2.52 bits per heavy atom. The van der Waals surface area contributed by atoms with E-state index in [1.807, 2.05) is 6.07 Å². The molecule has 0 aliphatic heterocycles. The lowest BCUT2D eigenvalue weighted by molar-refractivity contribution is 0.150. The van der Waals surface area contributed by atoms with Crippen LogP contribution in [0.25, 0.3) is 0 Å². The maximum atomic E-state index is 13.0. The molecule has 1 unspecified atom stereocenters. The van der Waals surface area contributed by atoms with E-state index in [-0.39, 0.29) is 17.5 Å². The molecule has 1 aromatic carbocycles. The zero-order valence-electron chi connectivity index (χ0n) is 12.5. The topological polar surface area (TPSA) is 59.2 Å². The molecule has 114 valence electrons. The van der Waals surface area contributed by atoms with Crippen LogP contribution in [0.15, 0.2) is 22.6 Å². The second kappa shape index (κ2) is 7.01. The number of benzene rings is 1. The van der Waals surface area contributed by atoms with Gasteiger partial charge in [0.25, 0.3) is 6.43 Å². The van der Waals surface area contributed by atoms with Gasteiger partial charge in [-0.3, -0.25) is 0 Å². The number of halogens is 2. The molecule has 0 radical (unpaired) electrons. The third kappa shape index (κ3) is 4.51. The van der Waals surface area contributed by atoms with E-state index in [4.69, 9.17) is 5.26 Å². The minimum absolute atomic E-state index is 0.134. The van der Waals surface area contributed by atoms with Gasteiger partial charge in [0, 0.05) is 11.1 Å². The van der Waals surface area contributed by atoms with Gasteiger partial charge in [-0.2, -0.15) is 5.26 Å². The summed E-state index contributed by atoms with van der Waals surface area (Å²) in [5.74, 6) is 0. The van der Waals surface area contributed by atoms with Gasteiger partial charge < -0.3 is 4.55 Å². The molecule has 0 spiro atoms. The van der Waals surface area contributed by atoms with Crippen molar-refractivity contribution in [1.29, 1.82) is 5.26 Å². The summed E-state index contributed by atoms with van der Waals surface area (Å²) < 4.78 is 41.7. The number of rotatable bonds is 4. The van der Waals surface area contributed by atoms with E-state index in [0.29, 0.717) is 11.3 Å². The van der Waals surface area contributed by atoms with Crippen molar-refractivity contribution in [2.75, 3.05) is 0 Å². The Hall–Kier alpha value is -1.45. The second-order valence-electron chi connectivity index (χ2n) is 5.55. The number of hydrogen-bond donors (Lipinski definition) is 0. The number of alkyl halides is 2. The Bertz CT molecular complexity index is 574. The Kier molecular flexibility index (Phi) is 5.87. The maximum absolute atomic E-state index is 13.0. The number of hydrogen-bond acceptors (Lipinski definition) is 3. The first-order valence-corrected chi connectivity index (χ1v) is 7.53. The first-order valence-electron chi connectivity index (χ1n) is 6.43. The van der Waals surface area contributed by atoms with Crippen LogP contribution in [0.5, 0.6) is 0 Å². The minimum atomic E-state index is -2.66. The van der Waals surface area contributed by atoms with Gasteiger partial charge in [0.15, 0.2) is 0 Å². The van der Waals surface area contributed by atoms with Gasteiger partial charge in [-0.25, -0.2) is 8.78 Å². The van der Waals surface area contributed by atoms with Crippen molar-refractivity contribution in [1.82, 2.24) is 0 Å². The molecule has 21 heavy (non-hydrogen) atoms. The molecule has 0 aliphatic rings. The summed E-state index contributed by atoms with van der Waals surface area (Å²) in [7, 11) is 0. The van der Waals surface area contributed by atoms with Crippen LogP contribution >= 0.6 is 0 Å². The maximum Gasteiger partial charge on any atom is 0.264 e. The van der Waals surface area contributed by atoms with Crippen LogP contribution in [0.3, 0.4) is 0 Å². The largest absolute Gasteiger partial charge is 0.591 e. The normalized spacial score (nSPS) is 14.1. The number of nitrogens with zero attached hydrogens (tertiary/aromatic N) is 2. The molecule has 0 bridgehead atoms. The lowest BCUT2D eigenvalue weighted by Gasteiger charge is -2.19. The molecule has 3 nitrogen and oxygen atoms in total. The van der Waals surface area contributed by atoms with Crippen molar-refractivity contribution < 1.29 is 13.3 Å². The molecule has 0 heterocycles. The van der Waals surface area contributed by atoms with Crippen LogP contribution in [-0.4, -0.2) is 15.0 Å². The molecule has 0 fully saturated rings. The van der Waals surface area contributed by atoms with E-state index in [2.05, 4.69) is 4.40 Å². The van der Waals surface area contributed by atoms with Gasteiger partial charge in [0.05, 0.1) is 18.2 Å². The summed E-state index contributed by atoms with van der Waals surface area (Å²) >= 11 is -1.48. The van der Waals surface area contributed by atoms with E-state index in [1.165, 1.54) is 12.1 Å². The standard InChI is InChI=1S/C15H18F2N2OS/c1-10(19-21(20)15(2,3)4)11-6-5-7-13(14(16)17)12(11)8-9-18/h5-7,14H,8H2,1-4H3/b19-10-. The molecule has 0 saturated carbocycles. The van der Waals surface area contributed by atoms with Crippen LogP contribution in [0.4, 0.5) is 8.78 Å². The lowest BCUT2D eigenvalue weighted by Crippen LogP contribution is -2.26. The van der Waals surface area contributed by atoms with Gasteiger partial charge in [-0.05, 0) is 33.3 Å². The van der Waals surface area contributed by atoms with E-state index in [1.54, 1.807) is 33.8 Å². The fourth-order valence-electron chi connectivity index (χ4n) is 1.73. The molecule has 0 aliphatic carbocycles. The summed E-state index contributed by atoms with van der Waals surface area (Å²) in [6.07, 6.45) is -2.79. The highest BCUT2D eigenvalue weighted by Crippen LogP contribution is 2.27. The van der Waals surface area contributed by atoms with Crippen LogP contribution in [0.2, 0.25) is 0 Å². The third-order valence-electron chi connectivity index (χ3n) is 2.84. The van der Waals surface area contributed by atoms with Crippen molar-refractivity contribution in [2.24, 2.45) is 4.40 Å². The predicted molar refractivity (Wildman–Crippen MR) is 80.8 cm³/mol. The van der Waals surface area contributed by atoms with Crippen LogP contribution in [0, 0.1) is 11.3 Å². The Labute approximate surface area is 127 Å². The van der Waals surface area contributed by atoms with Gasteiger partial charge in [-0.1, -0.05) is 22.6 Å². The number of nitriles is 1. The van der Waals surface area contributed by atoms with Gasteiger partial charge >= 0.3 is 0 Å². The van der Waals surface area contributed by atoms with Crippen LogP contribution in [0.1, 0.15) is 50.8 Å². The molecule has 0 amide bonds. The summed E-state index contributed by atoms with van der Waals surface area (Å²) in [4.78, 5) is 0. The van der Waals surface area contributed by atoms with Crippen LogP contribution < -0.4 is 0 Å². The highest BCUT2D eigenvalue weighted by Gasteiger charge is 2.27. The summed E-state index contributed by atoms with van der Waals surface area (Å²) in [6.45, 7) is 6.97. The summed E-state index contributed by atoms with van der Waals surface area (Å²) in [5, 5.41) is 8.85. The van der Waals surface area contributed by atoms with Gasteiger partial charge in [0.2, 0.25) is 0 Å². The van der Waals surface area contributed by atoms with Crippen molar-refractivity contribution in [2.45, 2.75) is 45.3 Å². The van der Waals surface area contributed by atoms with E-state index in [0.717, 1.165) is 0 Å². The van der Waals surface area contributed by atoms with Gasteiger partial charge in [0.1, 0.15) is 16.1 Å². The first-order chi connectivity index (χ1) is 9.68. The average Bonchev–Trinajstić information content (AvgIpc) is 2.37. The zero-order chi connectivity index (χ0) is 16.2. The highest BCUT2D eigenvalue weighted by atomic mass is 32.2. The molecule has 6 heteroatoms. The molecule has 1 rings (SSSR count). The quantitative estimate of drug-likeness (QED) is 0.624. The van der Waals surface area contributed by atoms with Crippen molar-refractivity contribution in [3.63, 3.8) is 0 Å². The van der Waals surface area contributed by atoms with E-state index >= 15 is 0 Å². The van der Waals surface area contributed by atoms with Crippen LogP contribution in [-0.2, 0) is 17.8 Å². The van der Waals surface area contributed by atoms with E-state index < -0.39 is 22.5 Å². The smallest absolute Gasteiger partial charge is 0.264 e. The Balaban J connectivity index is 3.33. The molecular weight excluding hydrogens is 294 g/mol. The fraction of sp³-hybridized carbons (Fsp3) is 0.467. The predicted octanol–water partition coefficient (Wildman–Crippen LogP) is 3.96. The molecule has 1 aromatic rings. The zero-order valence-corrected chi connectivity index (χ0v) is 13.3. The monoisotopic (exact) mass is 312 g/mol. The molecular formula is C15H18F2N2OS. The van der Waals surface area contributed by atoms with Crippen molar-refractivity contribution in [3.05, 3.63) is 34.9 Å². The van der Waals surface area contributed by atoms with Crippen molar-refractivity contribution in [3.8, 4) is 6.07 Å². The molecule has 0 aromatic heterocycles. The highest BCUT2D eigenvalue weighted by molar-refractivity contribution is 7.91. The van der Waals surface area contributed by atoms with Gasteiger partial charge in [-0.15, -0.1) is 0 Å². The molecule has 1 atom stereocenters. The Morgan fingerprint density at radius 2 is 2.05 bits per heavy atom.